The van der Waals surface area contributed by atoms with E-state index >= 15 is 0 Å². The lowest BCUT2D eigenvalue weighted by molar-refractivity contribution is 0.102. The number of rotatable bonds is 10. The van der Waals surface area contributed by atoms with Gasteiger partial charge in [0, 0.05) is 12.1 Å². The van der Waals surface area contributed by atoms with Crippen molar-refractivity contribution in [3.05, 3.63) is 77.6 Å². The number of nitrogens with zero attached hydrogens (tertiary/aromatic N) is 3. The second kappa shape index (κ2) is 10.1. The summed E-state index contributed by atoms with van der Waals surface area (Å²) in [5.41, 5.74) is 2.78. The summed E-state index contributed by atoms with van der Waals surface area (Å²) in [6.45, 7) is 8.68. The first-order valence-corrected chi connectivity index (χ1v) is 10.5. The lowest BCUT2D eigenvalue weighted by Gasteiger charge is -2.12. The normalized spacial score (nSPS) is 10.6. The molecule has 0 spiro atoms. The molecular formula is C23H25N3O3S. The Morgan fingerprint density at radius 1 is 1.13 bits per heavy atom. The molecule has 0 bridgehead atoms. The van der Waals surface area contributed by atoms with Gasteiger partial charge in [0.2, 0.25) is 0 Å². The molecule has 0 saturated heterocycles. The molecular weight excluding hydrogens is 398 g/mol. The molecule has 156 valence electrons. The summed E-state index contributed by atoms with van der Waals surface area (Å²) in [5.74, 6) is 2.55. The Balaban J connectivity index is 1.69. The third-order valence-electron chi connectivity index (χ3n) is 4.60. The predicted molar refractivity (Wildman–Crippen MR) is 119 cm³/mol. The van der Waals surface area contributed by atoms with Crippen LogP contribution in [0.5, 0.6) is 11.5 Å². The molecule has 0 radical (unpaired) electrons. The monoisotopic (exact) mass is 423 g/mol. The van der Waals surface area contributed by atoms with Crippen molar-refractivity contribution >= 4 is 17.5 Å². The van der Waals surface area contributed by atoms with Crippen molar-refractivity contribution in [3.63, 3.8) is 0 Å². The van der Waals surface area contributed by atoms with Gasteiger partial charge in [-0.15, -0.1) is 16.8 Å². The van der Waals surface area contributed by atoms with Crippen molar-refractivity contribution in [2.24, 2.45) is 0 Å². The summed E-state index contributed by atoms with van der Waals surface area (Å²) < 4.78 is 13.1. The fourth-order valence-corrected chi connectivity index (χ4v) is 3.86. The van der Waals surface area contributed by atoms with Gasteiger partial charge in [-0.1, -0.05) is 36.0 Å². The molecule has 0 unspecified atom stereocenters. The molecule has 0 amide bonds. The van der Waals surface area contributed by atoms with Gasteiger partial charge in [0.15, 0.2) is 16.8 Å². The van der Waals surface area contributed by atoms with E-state index in [0.717, 1.165) is 22.6 Å². The topological polar surface area (TPSA) is 66.2 Å². The summed E-state index contributed by atoms with van der Waals surface area (Å²) in [7, 11) is 1.60. The molecule has 0 aliphatic heterocycles. The van der Waals surface area contributed by atoms with Crippen LogP contribution in [0.3, 0.4) is 0 Å². The minimum absolute atomic E-state index is 0.0177. The van der Waals surface area contributed by atoms with Gasteiger partial charge in [-0.3, -0.25) is 9.36 Å². The minimum Gasteiger partial charge on any atom is -0.497 e. The van der Waals surface area contributed by atoms with Crippen LogP contribution in [0.1, 0.15) is 27.3 Å². The molecule has 0 atom stereocenters. The van der Waals surface area contributed by atoms with Crippen molar-refractivity contribution in [1.82, 2.24) is 14.8 Å². The number of ether oxygens (including phenoxy) is 2. The highest BCUT2D eigenvalue weighted by Crippen LogP contribution is 2.25. The Kier molecular flexibility index (Phi) is 7.30. The zero-order valence-electron chi connectivity index (χ0n) is 17.4. The second-order valence-corrected chi connectivity index (χ2v) is 7.69. The van der Waals surface area contributed by atoms with Crippen molar-refractivity contribution < 1.29 is 14.3 Å². The van der Waals surface area contributed by atoms with E-state index in [4.69, 9.17) is 9.47 Å². The number of carbonyl (C=O) groups is 1. The summed E-state index contributed by atoms with van der Waals surface area (Å²) >= 11 is 1.35. The number of aromatic nitrogens is 3. The number of hydrogen-bond donors (Lipinski definition) is 0. The number of allylic oxidation sites excluding steroid dienone is 1. The quantitative estimate of drug-likeness (QED) is 0.269. The third kappa shape index (κ3) is 5.10. The molecule has 7 heteroatoms. The molecule has 0 aliphatic rings. The van der Waals surface area contributed by atoms with Crippen molar-refractivity contribution in [2.75, 3.05) is 12.9 Å². The van der Waals surface area contributed by atoms with E-state index in [-0.39, 0.29) is 11.5 Å². The largest absolute Gasteiger partial charge is 0.497 e. The molecule has 0 N–H and O–H groups in total. The van der Waals surface area contributed by atoms with Crippen LogP contribution in [0.4, 0.5) is 0 Å². The number of Topliss-reactive ketones (excluding diaryl/α,β-unsaturated/α-hetero) is 1. The van der Waals surface area contributed by atoms with Crippen LogP contribution < -0.4 is 9.47 Å². The van der Waals surface area contributed by atoms with E-state index in [2.05, 4.69) is 16.8 Å². The number of thioether (sulfide) groups is 1. The first-order valence-electron chi connectivity index (χ1n) is 9.55. The van der Waals surface area contributed by atoms with Crippen LogP contribution in [-0.4, -0.2) is 33.4 Å². The van der Waals surface area contributed by atoms with E-state index in [1.54, 1.807) is 37.5 Å². The van der Waals surface area contributed by atoms with Crippen LogP contribution in [0, 0.1) is 13.8 Å². The molecule has 0 aliphatic carbocycles. The smallest absolute Gasteiger partial charge is 0.192 e. The summed E-state index contributed by atoms with van der Waals surface area (Å²) in [6.07, 6.45) is 1.78. The van der Waals surface area contributed by atoms with Crippen molar-refractivity contribution in [2.45, 2.75) is 32.2 Å². The number of methoxy groups -OCH3 is 1. The van der Waals surface area contributed by atoms with Gasteiger partial charge in [0.05, 0.1) is 12.9 Å². The van der Waals surface area contributed by atoms with Gasteiger partial charge in [-0.2, -0.15) is 0 Å². The second-order valence-electron chi connectivity index (χ2n) is 6.75. The highest BCUT2D eigenvalue weighted by atomic mass is 32.2. The lowest BCUT2D eigenvalue weighted by Crippen LogP contribution is -2.09. The number of benzene rings is 2. The Morgan fingerprint density at radius 3 is 2.47 bits per heavy atom. The number of ketones is 1. The van der Waals surface area contributed by atoms with E-state index in [1.807, 2.05) is 36.6 Å². The third-order valence-corrected chi connectivity index (χ3v) is 5.57. The molecule has 6 nitrogen and oxygen atoms in total. The summed E-state index contributed by atoms with van der Waals surface area (Å²) in [6, 6.07) is 13.1. The average Bonchev–Trinajstić information content (AvgIpc) is 3.13. The van der Waals surface area contributed by atoms with Gasteiger partial charge < -0.3 is 9.47 Å². The SMILES string of the molecule is C=CCn1c(COc2c(C)cccc2C)nnc1SCC(=O)c1ccc(OC)cc1. The van der Waals surface area contributed by atoms with E-state index < -0.39 is 0 Å². The highest BCUT2D eigenvalue weighted by Gasteiger charge is 2.15. The standard InChI is InChI=1S/C23H25N3O3S/c1-5-13-26-21(14-29-22-16(2)7-6-8-17(22)3)24-25-23(26)30-15-20(27)18-9-11-19(28-4)12-10-18/h5-12H,1,13-15H2,2-4H3. The zero-order chi connectivity index (χ0) is 21.5. The Hall–Kier alpha value is -3.06. The van der Waals surface area contributed by atoms with Gasteiger partial charge in [-0.05, 0) is 49.2 Å². The molecule has 3 rings (SSSR count). The summed E-state index contributed by atoms with van der Waals surface area (Å²) in [4.78, 5) is 12.5. The van der Waals surface area contributed by atoms with Crippen LogP contribution >= 0.6 is 11.8 Å². The van der Waals surface area contributed by atoms with Crippen molar-refractivity contribution in [3.8, 4) is 11.5 Å². The first-order chi connectivity index (χ1) is 14.5. The van der Waals surface area contributed by atoms with Crippen LogP contribution in [0.25, 0.3) is 0 Å². The molecule has 2 aromatic carbocycles. The maximum Gasteiger partial charge on any atom is 0.192 e. The van der Waals surface area contributed by atoms with Crippen LogP contribution in [0.15, 0.2) is 60.3 Å². The predicted octanol–water partition coefficient (Wildman–Crippen LogP) is 4.64. The van der Waals surface area contributed by atoms with Gasteiger partial charge in [0.25, 0.3) is 0 Å². The van der Waals surface area contributed by atoms with Gasteiger partial charge in [0.1, 0.15) is 18.1 Å². The van der Waals surface area contributed by atoms with E-state index in [9.17, 15) is 4.79 Å². The zero-order valence-corrected chi connectivity index (χ0v) is 18.2. The molecule has 1 aromatic heterocycles. The number of hydrogen-bond acceptors (Lipinski definition) is 6. The van der Waals surface area contributed by atoms with Crippen LogP contribution in [-0.2, 0) is 13.2 Å². The Morgan fingerprint density at radius 2 is 1.83 bits per heavy atom. The van der Waals surface area contributed by atoms with Gasteiger partial charge >= 0.3 is 0 Å². The fourth-order valence-electron chi connectivity index (χ4n) is 3.00. The average molecular weight is 424 g/mol. The maximum absolute atomic E-state index is 12.5. The van der Waals surface area contributed by atoms with Gasteiger partial charge in [-0.25, -0.2) is 0 Å². The number of para-hydroxylation sites is 1. The molecule has 30 heavy (non-hydrogen) atoms. The molecule has 1 heterocycles. The van der Waals surface area contributed by atoms with Crippen LogP contribution in [0.2, 0.25) is 0 Å². The molecule has 3 aromatic rings. The highest BCUT2D eigenvalue weighted by molar-refractivity contribution is 7.99. The Bertz CT molecular complexity index is 1010. The number of carbonyl (C=O) groups excluding carboxylic acids is 1. The Labute approximate surface area is 180 Å². The fraction of sp³-hybridized carbons (Fsp3) is 0.261. The minimum atomic E-state index is 0.0177. The molecule has 0 fully saturated rings. The molecule has 0 saturated carbocycles. The first kappa shape index (κ1) is 21.6. The maximum atomic E-state index is 12.5. The van der Waals surface area contributed by atoms with E-state index in [0.29, 0.717) is 29.7 Å². The summed E-state index contributed by atoms with van der Waals surface area (Å²) in [5, 5.41) is 9.20. The lowest BCUT2D eigenvalue weighted by atomic mass is 10.1. The van der Waals surface area contributed by atoms with E-state index in [1.165, 1.54) is 11.8 Å². The van der Waals surface area contributed by atoms with Crippen molar-refractivity contribution in [1.29, 1.82) is 0 Å². The number of aryl methyl sites for hydroxylation is 2.